The highest BCUT2D eigenvalue weighted by molar-refractivity contribution is 5.95. The minimum atomic E-state index is -4.58. The van der Waals surface area contributed by atoms with E-state index in [1.807, 2.05) is 0 Å². The van der Waals surface area contributed by atoms with Gasteiger partial charge in [-0.15, -0.1) is 10.2 Å². The highest BCUT2D eigenvalue weighted by atomic mass is 19.4. The fraction of sp³-hybridized carbons (Fsp3) is 0.536. The van der Waals surface area contributed by atoms with Gasteiger partial charge in [-0.1, -0.05) is 0 Å². The van der Waals surface area contributed by atoms with Crippen LogP contribution in [0.4, 0.5) is 28.0 Å². The number of alkyl halides is 4. The number of rotatable bonds is 3. The number of nitriles is 1. The highest BCUT2D eigenvalue weighted by Gasteiger charge is 2.86. The lowest BCUT2D eigenvalue weighted by Crippen LogP contribution is -2.45. The van der Waals surface area contributed by atoms with E-state index in [1.54, 1.807) is 49.9 Å². The minimum Gasteiger partial charge on any atom is -0.444 e. The molecule has 216 valence electrons. The van der Waals surface area contributed by atoms with Crippen LogP contribution in [0.3, 0.4) is 0 Å². The fourth-order valence-electron chi connectivity index (χ4n) is 6.28. The van der Waals surface area contributed by atoms with Crippen molar-refractivity contribution < 1.29 is 31.5 Å². The van der Waals surface area contributed by atoms with Gasteiger partial charge in [-0.25, -0.2) is 9.18 Å². The van der Waals surface area contributed by atoms with E-state index in [4.69, 9.17) is 9.15 Å². The largest absolute Gasteiger partial charge is 0.444 e. The van der Waals surface area contributed by atoms with Crippen molar-refractivity contribution in [2.75, 3.05) is 31.1 Å². The lowest BCUT2D eigenvalue weighted by atomic mass is 9.93. The Morgan fingerprint density at radius 1 is 1.10 bits per heavy atom. The standard InChI is InChI=1S/C28H28F4N6O3/c1-24(2,3)41-23(39)37-11-8-26(29,9-12-37)22-36-35-21(40-22)25-14-27(25,28(30,31)32)16-38(15-25)19-7-6-17(13-33)20-18(19)5-4-10-34-20/h4-7,10H,8-9,11-12,14-16H2,1-3H3/t25-,27-/m0/s1. The first-order valence-corrected chi connectivity index (χ1v) is 13.3. The molecule has 0 radical (unpaired) electrons. The molecular formula is C28H28F4N6O3. The van der Waals surface area contributed by atoms with Gasteiger partial charge < -0.3 is 19.0 Å². The summed E-state index contributed by atoms with van der Waals surface area (Å²) >= 11 is 0. The van der Waals surface area contributed by atoms with Gasteiger partial charge in [0, 0.05) is 56.3 Å². The van der Waals surface area contributed by atoms with E-state index >= 15 is 4.39 Å². The molecule has 1 aromatic carbocycles. The second kappa shape index (κ2) is 8.77. The normalized spacial score (nSPS) is 25.6. The molecule has 3 aromatic rings. The van der Waals surface area contributed by atoms with Gasteiger partial charge in [-0.05, 0) is 51.5 Å². The van der Waals surface area contributed by atoms with E-state index in [0.717, 1.165) is 0 Å². The second-order valence-electron chi connectivity index (χ2n) is 12.2. The molecule has 0 spiro atoms. The van der Waals surface area contributed by atoms with Gasteiger partial charge in [-0.3, -0.25) is 4.98 Å². The Morgan fingerprint density at radius 3 is 2.46 bits per heavy atom. The van der Waals surface area contributed by atoms with Crippen molar-refractivity contribution in [1.29, 1.82) is 5.26 Å². The molecule has 0 unspecified atom stereocenters. The predicted octanol–water partition coefficient (Wildman–Crippen LogP) is 5.40. The fourth-order valence-corrected chi connectivity index (χ4v) is 6.28. The summed E-state index contributed by atoms with van der Waals surface area (Å²) in [5.74, 6) is -0.616. The SMILES string of the molecule is CC(C)(C)OC(=O)N1CCC(F)(c2nnc([C@]34CN(c5ccc(C#N)c6ncccc56)C[C@@]3(C(F)(F)F)C4)o2)CC1. The topological polar surface area (TPSA) is 108 Å². The number of anilines is 1. The Labute approximate surface area is 233 Å². The number of hydrogen-bond donors (Lipinski definition) is 0. The first-order valence-electron chi connectivity index (χ1n) is 13.3. The van der Waals surface area contributed by atoms with Gasteiger partial charge in [0.25, 0.3) is 5.89 Å². The lowest BCUT2D eigenvalue weighted by molar-refractivity contribution is -0.187. The molecule has 3 aliphatic rings. The number of benzene rings is 1. The zero-order valence-corrected chi connectivity index (χ0v) is 22.8. The van der Waals surface area contributed by atoms with E-state index in [1.165, 1.54) is 11.1 Å². The maximum absolute atomic E-state index is 16.0. The van der Waals surface area contributed by atoms with Crippen molar-refractivity contribution >= 4 is 22.7 Å². The number of fused-ring (bicyclic) bond motifs is 2. The van der Waals surface area contributed by atoms with Gasteiger partial charge in [0.05, 0.1) is 16.5 Å². The molecule has 0 N–H and O–H groups in total. The summed E-state index contributed by atoms with van der Waals surface area (Å²) in [6.07, 6.45) is -4.17. The van der Waals surface area contributed by atoms with E-state index in [-0.39, 0.29) is 57.2 Å². The molecule has 1 saturated carbocycles. The molecule has 2 saturated heterocycles. The van der Waals surface area contributed by atoms with Gasteiger partial charge in [-0.2, -0.15) is 18.4 Å². The Hall–Kier alpha value is -3.95. The van der Waals surface area contributed by atoms with Crippen molar-refractivity contribution in [1.82, 2.24) is 20.1 Å². The molecule has 4 heterocycles. The third kappa shape index (κ3) is 4.18. The van der Waals surface area contributed by atoms with Crippen LogP contribution in [0, 0.1) is 16.7 Å². The molecular weight excluding hydrogens is 544 g/mol. The number of carbonyl (C=O) groups is 1. The van der Waals surface area contributed by atoms with Crippen LogP contribution >= 0.6 is 0 Å². The van der Waals surface area contributed by atoms with Crippen molar-refractivity contribution in [3.8, 4) is 6.07 Å². The number of hydrogen-bond acceptors (Lipinski definition) is 8. The molecule has 3 fully saturated rings. The molecule has 2 aliphatic heterocycles. The Kier molecular flexibility index (Phi) is 5.83. The first kappa shape index (κ1) is 27.2. The third-order valence-corrected chi connectivity index (χ3v) is 8.49. The summed E-state index contributed by atoms with van der Waals surface area (Å²) in [7, 11) is 0. The minimum absolute atomic E-state index is 0.0360. The highest BCUT2D eigenvalue weighted by Crippen LogP contribution is 2.75. The number of ether oxygens (including phenoxy) is 1. The zero-order chi connectivity index (χ0) is 29.4. The van der Waals surface area contributed by atoms with Crippen LogP contribution in [-0.2, 0) is 15.8 Å². The Bertz CT molecular complexity index is 1570. The molecule has 9 nitrogen and oxygen atoms in total. The van der Waals surface area contributed by atoms with Crippen LogP contribution < -0.4 is 4.90 Å². The number of aromatic nitrogens is 3. The average molecular weight is 573 g/mol. The van der Waals surface area contributed by atoms with Gasteiger partial charge in [0.15, 0.2) is 5.67 Å². The van der Waals surface area contributed by atoms with Crippen LogP contribution in [0.2, 0.25) is 0 Å². The molecule has 41 heavy (non-hydrogen) atoms. The summed E-state index contributed by atoms with van der Waals surface area (Å²) in [5.41, 5.74) is -5.22. The van der Waals surface area contributed by atoms with E-state index in [9.17, 15) is 23.2 Å². The zero-order valence-electron chi connectivity index (χ0n) is 22.8. The average Bonchev–Trinajstić information content (AvgIpc) is 3.21. The monoisotopic (exact) mass is 572 g/mol. The van der Waals surface area contributed by atoms with Crippen LogP contribution in [-0.4, -0.2) is 64.1 Å². The van der Waals surface area contributed by atoms with Crippen LogP contribution in [0.25, 0.3) is 10.9 Å². The summed E-state index contributed by atoms with van der Waals surface area (Å²) in [6.45, 7) is 4.85. The van der Waals surface area contributed by atoms with Gasteiger partial charge >= 0.3 is 12.3 Å². The van der Waals surface area contributed by atoms with Crippen molar-refractivity contribution in [2.24, 2.45) is 5.41 Å². The number of carbonyl (C=O) groups excluding carboxylic acids is 1. The molecule has 2 aromatic heterocycles. The summed E-state index contributed by atoms with van der Waals surface area (Å²) in [4.78, 5) is 19.6. The first-order chi connectivity index (χ1) is 19.2. The molecule has 6 rings (SSSR count). The third-order valence-electron chi connectivity index (χ3n) is 8.49. The molecule has 1 amide bonds. The van der Waals surface area contributed by atoms with Crippen LogP contribution in [0.1, 0.15) is 57.4 Å². The van der Waals surface area contributed by atoms with Crippen molar-refractivity contribution in [3.63, 3.8) is 0 Å². The summed E-state index contributed by atoms with van der Waals surface area (Å²) in [6, 6.07) is 8.62. The lowest BCUT2D eigenvalue weighted by Gasteiger charge is -2.35. The molecule has 1 aliphatic carbocycles. The maximum Gasteiger partial charge on any atom is 0.410 e. The predicted molar refractivity (Wildman–Crippen MR) is 138 cm³/mol. The maximum atomic E-state index is 16.0. The summed E-state index contributed by atoms with van der Waals surface area (Å²) < 4.78 is 70.9. The smallest absolute Gasteiger partial charge is 0.410 e. The van der Waals surface area contributed by atoms with Crippen molar-refractivity contribution in [3.05, 3.63) is 47.8 Å². The second-order valence-corrected chi connectivity index (χ2v) is 12.2. The van der Waals surface area contributed by atoms with Gasteiger partial charge in [0.1, 0.15) is 17.1 Å². The number of amides is 1. The number of pyridine rings is 1. The van der Waals surface area contributed by atoms with Gasteiger partial charge in [0.2, 0.25) is 5.89 Å². The Balaban J connectivity index is 1.28. The van der Waals surface area contributed by atoms with Crippen LogP contribution in [0.15, 0.2) is 34.9 Å². The van der Waals surface area contributed by atoms with E-state index in [2.05, 4.69) is 21.3 Å². The number of halogens is 4. The molecule has 0 bridgehead atoms. The number of piperidine rings is 2. The van der Waals surface area contributed by atoms with E-state index < -0.39 is 34.4 Å². The van der Waals surface area contributed by atoms with Crippen LogP contribution in [0.5, 0.6) is 0 Å². The van der Waals surface area contributed by atoms with E-state index in [0.29, 0.717) is 22.2 Å². The quantitative estimate of drug-likeness (QED) is 0.384. The Morgan fingerprint density at radius 2 is 1.80 bits per heavy atom. The molecule has 13 heteroatoms. The molecule has 2 atom stereocenters. The van der Waals surface area contributed by atoms with Crippen molar-refractivity contribution in [2.45, 2.75) is 62.9 Å². The number of nitrogens with zero attached hydrogens (tertiary/aromatic N) is 6. The summed E-state index contributed by atoms with van der Waals surface area (Å²) in [5, 5.41) is 17.9. The number of likely N-dealkylation sites (tertiary alicyclic amines) is 1.